The van der Waals surface area contributed by atoms with E-state index >= 15 is 0 Å². The number of ketones is 1. The molecule has 0 bridgehead atoms. The lowest BCUT2D eigenvalue weighted by atomic mass is 9.97. The molecule has 2 aromatic carbocycles. The van der Waals surface area contributed by atoms with Crippen molar-refractivity contribution in [3.8, 4) is 5.75 Å². The van der Waals surface area contributed by atoms with Crippen LogP contribution in [-0.4, -0.2) is 77.2 Å². The summed E-state index contributed by atoms with van der Waals surface area (Å²) in [7, 11) is 1.68. The van der Waals surface area contributed by atoms with E-state index in [4.69, 9.17) is 26.8 Å². The molecule has 1 aromatic heterocycles. The zero-order valence-electron chi connectivity index (χ0n) is 22.8. The van der Waals surface area contributed by atoms with Crippen LogP contribution in [0.5, 0.6) is 5.75 Å². The zero-order chi connectivity index (χ0) is 27.7. The molecule has 0 aliphatic carbocycles. The van der Waals surface area contributed by atoms with Crippen LogP contribution in [0.25, 0.3) is 10.9 Å². The number of rotatable bonds is 9. The fourth-order valence-corrected chi connectivity index (χ4v) is 5.76. The summed E-state index contributed by atoms with van der Waals surface area (Å²) in [5.41, 5.74) is 8.18. The molecule has 1 atom stereocenters. The van der Waals surface area contributed by atoms with Crippen molar-refractivity contribution < 1.29 is 14.3 Å². The number of hydrogen-bond acceptors (Lipinski definition) is 8. The highest BCUT2D eigenvalue weighted by atomic mass is 35.5. The van der Waals surface area contributed by atoms with E-state index in [0.717, 1.165) is 49.3 Å². The number of hydrogen-bond donors (Lipinski definition) is 2. The number of H-pyrrole nitrogens is 1. The summed E-state index contributed by atoms with van der Waals surface area (Å²) >= 11 is 6.39. The molecular formula is C29H36ClN5O4. The third-order valence-electron chi connectivity index (χ3n) is 7.60. The number of nitrogen functional groups attached to an aromatic ring is 1. The molecule has 0 amide bonds. The molecule has 10 heteroatoms. The van der Waals surface area contributed by atoms with Gasteiger partial charge in [0.25, 0.3) is 5.56 Å². The maximum absolute atomic E-state index is 13.4. The number of nitrogens with zero attached hydrogens (tertiary/aromatic N) is 3. The second kappa shape index (κ2) is 11.3. The Morgan fingerprint density at radius 1 is 1.28 bits per heavy atom. The lowest BCUT2D eigenvalue weighted by Gasteiger charge is -2.40. The first-order valence-corrected chi connectivity index (χ1v) is 13.8. The summed E-state index contributed by atoms with van der Waals surface area (Å²) < 4.78 is 11.9. The van der Waals surface area contributed by atoms with Crippen LogP contribution in [-0.2, 0) is 17.6 Å². The van der Waals surface area contributed by atoms with Crippen LogP contribution in [0.3, 0.4) is 0 Å². The van der Waals surface area contributed by atoms with Crippen molar-refractivity contribution in [3.05, 3.63) is 62.7 Å². The van der Waals surface area contributed by atoms with Gasteiger partial charge in [0.05, 0.1) is 33.7 Å². The van der Waals surface area contributed by atoms with Crippen LogP contribution in [0, 0.1) is 0 Å². The molecule has 208 valence electrons. The molecule has 9 nitrogen and oxygen atoms in total. The van der Waals surface area contributed by atoms with Gasteiger partial charge in [-0.1, -0.05) is 23.7 Å². The van der Waals surface area contributed by atoms with Crippen LogP contribution in [0.2, 0.25) is 5.02 Å². The fraction of sp³-hybridized carbons (Fsp3) is 0.483. The van der Waals surface area contributed by atoms with Crippen molar-refractivity contribution in [1.82, 2.24) is 19.8 Å². The van der Waals surface area contributed by atoms with E-state index in [9.17, 15) is 9.59 Å². The van der Waals surface area contributed by atoms with Crippen molar-refractivity contribution in [1.29, 1.82) is 0 Å². The predicted octanol–water partition coefficient (Wildman–Crippen LogP) is 3.67. The lowest BCUT2D eigenvalue weighted by Crippen LogP contribution is -2.55. The van der Waals surface area contributed by atoms with E-state index in [-0.39, 0.29) is 24.1 Å². The first-order valence-electron chi connectivity index (χ1n) is 13.5. The second-order valence-electron chi connectivity index (χ2n) is 11.0. The number of aromatic nitrogens is 2. The molecule has 3 N–H and O–H groups in total. The predicted molar refractivity (Wildman–Crippen MR) is 153 cm³/mol. The first kappa shape index (κ1) is 27.6. The number of methoxy groups -OCH3 is 1. The average molecular weight is 554 g/mol. The quantitative estimate of drug-likeness (QED) is 0.234. The average Bonchev–Trinajstić information content (AvgIpc) is 3.24. The number of aryl methyl sites for hydroxylation is 1. The Labute approximate surface area is 233 Å². The Balaban J connectivity index is 1.15. The van der Waals surface area contributed by atoms with Gasteiger partial charge in [-0.05, 0) is 51.4 Å². The van der Waals surface area contributed by atoms with Gasteiger partial charge in [-0.3, -0.25) is 19.4 Å². The number of halogens is 1. The van der Waals surface area contributed by atoms with Crippen molar-refractivity contribution >= 4 is 34.0 Å². The van der Waals surface area contributed by atoms with Crippen molar-refractivity contribution in [2.24, 2.45) is 0 Å². The van der Waals surface area contributed by atoms with E-state index in [2.05, 4.69) is 19.8 Å². The molecular weight excluding hydrogens is 518 g/mol. The number of unbranched alkanes of at least 4 members (excludes halogenated alkanes) is 1. The number of nitrogens with two attached hydrogens (primary N) is 1. The summed E-state index contributed by atoms with van der Waals surface area (Å²) in [6.45, 7) is 7.33. The third-order valence-corrected chi connectivity index (χ3v) is 7.91. The van der Waals surface area contributed by atoms with Crippen LogP contribution >= 0.6 is 11.6 Å². The minimum atomic E-state index is -0.434. The van der Waals surface area contributed by atoms with Crippen LogP contribution < -0.4 is 16.0 Å². The summed E-state index contributed by atoms with van der Waals surface area (Å²) in [5, 5.41) is 0.998. The van der Waals surface area contributed by atoms with Gasteiger partial charge in [0.15, 0.2) is 5.78 Å². The smallest absolute Gasteiger partial charge is 0.258 e. The summed E-state index contributed by atoms with van der Waals surface area (Å²) in [5.74, 6) is 1.22. The normalized spacial score (nSPS) is 19.2. The minimum absolute atomic E-state index is 0.0572. The second-order valence-corrected chi connectivity index (χ2v) is 11.4. The number of carbonyl (C=O) groups is 1. The number of piperazine rings is 1. The van der Waals surface area contributed by atoms with Gasteiger partial charge in [0.1, 0.15) is 23.4 Å². The molecule has 1 fully saturated rings. The number of nitrogens with one attached hydrogen (secondary N) is 1. The number of benzene rings is 2. The number of ether oxygens (including phenoxy) is 2. The van der Waals surface area contributed by atoms with Gasteiger partial charge in [-0.25, -0.2) is 4.98 Å². The van der Waals surface area contributed by atoms with Crippen molar-refractivity contribution in [2.45, 2.75) is 51.4 Å². The standard InChI is InChI=1S/C29H36ClN5O4/c1-29(2)15-20-26(31)21(30)14-19(27(20)39-29)23(36)16-35-13-12-34(17-25(35)38-3)11-7-6-10-24-32-22-9-5-4-8-18(22)28(37)33-24/h4-5,8-9,14,25H,6-7,10-13,15-17,31H2,1-3H3,(H,32,33,37)/t25-/m1/s1. The Morgan fingerprint density at radius 2 is 2.08 bits per heavy atom. The number of fused-ring (bicyclic) bond motifs is 2. The summed E-state index contributed by atoms with van der Waals surface area (Å²) in [4.78, 5) is 37.6. The summed E-state index contributed by atoms with van der Waals surface area (Å²) in [6.07, 6.45) is 3.01. The van der Waals surface area contributed by atoms with E-state index in [1.165, 1.54) is 0 Å². The molecule has 1 saturated heterocycles. The molecule has 3 heterocycles. The monoisotopic (exact) mass is 553 g/mol. The molecule has 5 rings (SSSR count). The van der Waals surface area contributed by atoms with E-state index in [0.29, 0.717) is 46.9 Å². The number of para-hydroxylation sites is 1. The van der Waals surface area contributed by atoms with E-state index in [1.54, 1.807) is 19.2 Å². The maximum Gasteiger partial charge on any atom is 0.258 e. The number of carbonyl (C=O) groups excluding carboxylic acids is 1. The molecule has 2 aliphatic rings. The fourth-order valence-electron chi connectivity index (χ4n) is 5.54. The molecule has 2 aliphatic heterocycles. The van der Waals surface area contributed by atoms with Crippen LogP contribution in [0.4, 0.5) is 5.69 Å². The highest BCUT2D eigenvalue weighted by Gasteiger charge is 2.37. The molecule has 0 saturated carbocycles. The molecule has 3 aromatic rings. The first-order chi connectivity index (χ1) is 18.6. The Hall–Kier alpha value is -2.98. The van der Waals surface area contributed by atoms with Crippen LogP contribution in [0.15, 0.2) is 35.1 Å². The van der Waals surface area contributed by atoms with Gasteiger partial charge >= 0.3 is 0 Å². The van der Waals surface area contributed by atoms with Crippen molar-refractivity contribution in [2.75, 3.05) is 45.6 Å². The lowest BCUT2D eigenvalue weighted by molar-refractivity contribution is -0.0767. The van der Waals surface area contributed by atoms with E-state index in [1.807, 2.05) is 32.0 Å². The number of anilines is 1. The third kappa shape index (κ3) is 5.96. The Kier molecular flexibility index (Phi) is 7.96. The van der Waals surface area contributed by atoms with Gasteiger partial charge in [0.2, 0.25) is 0 Å². The highest BCUT2D eigenvalue weighted by Crippen LogP contribution is 2.44. The van der Waals surface area contributed by atoms with Crippen molar-refractivity contribution in [3.63, 3.8) is 0 Å². The SMILES string of the molecule is CO[C@@H]1CN(CCCCc2nc3ccccc3c(=O)[nH]2)CCN1CC(=O)c1cc(Cl)c(N)c2c1OC(C)(C)C2. The Morgan fingerprint density at radius 3 is 2.87 bits per heavy atom. The zero-order valence-corrected chi connectivity index (χ0v) is 23.5. The number of aromatic amines is 1. The molecule has 0 radical (unpaired) electrons. The highest BCUT2D eigenvalue weighted by molar-refractivity contribution is 6.34. The van der Waals surface area contributed by atoms with Gasteiger partial charge in [0, 0.05) is 45.1 Å². The topological polar surface area (TPSA) is 114 Å². The van der Waals surface area contributed by atoms with E-state index < -0.39 is 5.60 Å². The number of Topliss-reactive ketones (excluding diaryl/α,β-unsaturated/α-hetero) is 1. The van der Waals surface area contributed by atoms with Gasteiger partial charge in [-0.2, -0.15) is 0 Å². The molecule has 0 unspecified atom stereocenters. The maximum atomic E-state index is 13.4. The minimum Gasteiger partial charge on any atom is -0.486 e. The Bertz CT molecular complexity index is 1440. The molecule has 0 spiro atoms. The molecule has 39 heavy (non-hydrogen) atoms. The van der Waals surface area contributed by atoms with Gasteiger partial charge in [-0.15, -0.1) is 0 Å². The largest absolute Gasteiger partial charge is 0.486 e. The van der Waals surface area contributed by atoms with Crippen LogP contribution in [0.1, 0.15) is 48.4 Å². The van der Waals surface area contributed by atoms with Gasteiger partial charge < -0.3 is 20.2 Å². The summed E-state index contributed by atoms with van der Waals surface area (Å²) in [6, 6.07) is 9.03.